The molecule has 1 amide bonds. The number of benzene rings is 2. The van der Waals surface area contributed by atoms with Crippen molar-refractivity contribution in [2.24, 2.45) is 5.92 Å². The Hall–Kier alpha value is -2.16. The molecule has 1 fully saturated rings. The summed E-state index contributed by atoms with van der Waals surface area (Å²) in [4.78, 5) is 12.5. The molecule has 2 aromatic rings. The average Bonchev–Trinajstić information content (AvgIpc) is 2.65. The van der Waals surface area contributed by atoms with Gasteiger partial charge in [-0.3, -0.25) is 9.52 Å². The van der Waals surface area contributed by atoms with E-state index in [1.54, 1.807) is 6.07 Å². The van der Waals surface area contributed by atoms with E-state index in [0.717, 1.165) is 13.0 Å². The van der Waals surface area contributed by atoms with Crippen molar-refractivity contribution in [3.05, 3.63) is 59.9 Å². The molecule has 2 unspecified atom stereocenters. The fourth-order valence-electron chi connectivity index (χ4n) is 2.97. The molecule has 9 heteroatoms. The Morgan fingerprint density at radius 2 is 1.89 bits per heavy atom. The summed E-state index contributed by atoms with van der Waals surface area (Å²) in [6, 6.07) is 10.9. The fourth-order valence-corrected chi connectivity index (χ4v) is 4.08. The molecule has 2 atom stereocenters. The first-order chi connectivity index (χ1) is 12.8. The van der Waals surface area contributed by atoms with Crippen LogP contribution < -0.4 is 15.4 Å². The molecule has 6 nitrogen and oxygen atoms in total. The molecule has 0 spiro atoms. The van der Waals surface area contributed by atoms with Gasteiger partial charge in [-0.05, 0) is 61.3 Å². The SMILES string of the molecule is CC1CCNCC1NC(=O)c1cccc(S(=O)(=O)Nc2ccc(F)cc2)c1.Cl. The molecule has 28 heavy (non-hydrogen) atoms. The number of nitrogens with one attached hydrogen (secondary N) is 3. The van der Waals surface area contributed by atoms with Crippen LogP contribution in [0.15, 0.2) is 53.4 Å². The Kier molecular flexibility index (Phi) is 7.40. The molecule has 0 saturated carbocycles. The van der Waals surface area contributed by atoms with Gasteiger partial charge in [-0.1, -0.05) is 13.0 Å². The maximum absolute atomic E-state index is 13.0. The second-order valence-corrected chi connectivity index (χ2v) is 8.37. The van der Waals surface area contributed by atoms with Crippen molar-refractivity contribution in [2.75, 3.05) is 17.8 Å². The largest absolute Gasteiger partial charge is 0.348 e. The summed E-state index contributed by atoms with van der Waals surface area (Å²) in [6.07, 6.45) is 0.973. The lowest BCUT2D eigenvalue weighted by Gasteiger charge is -2.30. The summed E-state index contributed by atoms with van der Waals surface area (Å²) >= 11 is 0. The number of anilines is 1. The fraction of sp³-hybridized carbons (Fsp3) is 0.316. The molecule has 3 N–H and O–H groups in total. The van der Waals surface area contributed by atoms with Gasteiger partial charge < -0.3 is 10.6 Å². The molecule has 1 saturated heterocycles. The maximum Gasteiger partial charge on any atom is 0.261 e. The number of carbonyl (C=O) groups is 1. The Bertz CT molecular complexity index is 922. The highest BCUT2D eigenvalue weighted by molar-refractivity contribution is 7.92. The molecule has 0 radical (unpaired) electrons. The summed E-state index contributed by atoms with van der Waals surface area (Å²) < 4.78 is 40.5. The van der Waals surface area contributed by atoms with Crippen molar-refractivity contribution in [1.29, 1.82) is 0 Å². The van der Waals surface area contributed by atoms with Crippen LogP contribution in [0.5, 0.6) is 0 Å². The second kappa shape index (κ2) is 9.36. The van der Waals surface area contributed by atoms with Gasteiger partial charge >= 0.3 is 0 Å². The number of piperidine rings is 1. The lowest BCUT2D eigenvalue weighted by atomic mass is 9.94. The van der Waals surface area contributed by atoms with Crippen LogP contribution in [0.25, 0.3) is 0 Å². The van der Waals surface area contributed by atoms with Crippen LogP contribution in [0.1, 0.15) is 23.7 Å². The number of halogens is 2. The zero-order chi connectivity index (χ0) is 19.4. The predicted molar refractivity (Wildman–Crippen MR) is 109 cm³/mol. The minimum atomic E-state index is -3.89. The number of carbonyl (C=O) groups excluding carboxylic acids is 1. The van der Waals surface area contributed by atoms with Gasteiger partial charge in [0.2, 0.25) is 0 Å². The van der Waals surface area contributed by atoms with Gasteiger partial charge in [0.25, 0.3) is 15.9 Å². The van der Waals surface area contributed by atoms with E-state index in [9.17, 15) is 17.6 Å². The van der Waals surface area contributed by atoms with E-state index >= 15 is 0 Å². The van der Waals surface area contributed by atoms with Crippen LogP contribution in [-0.4, -0.2) is 33.5 Å². The van der Waals surface area contributed by atoms with Gasteiger partial charge in [-0.25, -0.2) is 12.8 Å². The molecule has 2 aromatic carbocycles. The number of hydrogen-bond donors (Lipinski definition) is 3. The molecule has 0 aromatic heterocycles. The number of sulfonamides is 1. The normalized spacial score (nSPS) is 19.4. The Morgan fingerprint density at radius 3 is 2.57 bits per heavy atom. The Labute approximate surface area is 170 Å². The summed E-state index contributed by atoms with van der Waals surface area (Å²) in [7, 11) is -3.89. The van der Waals surface area contributed by atoms with Crippen LogP contribution in [-0.2, 0) is 10.0 Å². The van der Waals surface area contributed by atoms with Gasteiger partial charge in [0.15, 0.2) is 0 Å². The maximum atomic E-state index is 13.0. The highest BCUT2D eigenvalue weighted by Crippen LogP contribution is 2.18. The van der Waals surface area contributed by atoms with E-state index in [0.29, 0.717) is 12.5 Å². The predicted octanol–water partition coefficient (Wildman–Crippen LogP) is 2.78. The zero-order valence-corrected chi connectivity index (χ0v) is 16.9. The van der Waals surface area contributed by atoms with Crippen molar-refractivity contribution >= 4 is 34.0 Å². The minimum absolute atomic E-state index is 0. The van der Waals surface area contributed by atoms with Crippen LogP contribution in [0.2, 0.25) is 0 Å². The van der Waals surface area contributed by atoms with Gasteiger partial charge in [0, 0.05) is 23.8 Å². The monoisotopic (exact) mass is 427 g/mol. The molecule has 1 heterocycles. The molecule has 3 rings (SSSR count). The van der Waals surface area contributed by atoms with E-state index in [-0.39, 0.29) is 40.5 Å². The Balaban J connectivity index is 0.00000280. The van der Waals surface area contributed by atoms with Crippen LogP contribution in [0, 0.1) is 11.7 Å². The van der Waals surface area contributed by atoms with Crippen molar-refractivity contribution < 1.29 is 17.6 Å². The lowest BCUT2D eigenvalue weighted by Crippen LogP contribution is -2.50. The number of hydrogen-bond acceptors (Lipinski definition) is 4. The van der Waals surface area contributed by atoms with Crippen molar-refractivity contribution in [3.8, 4) is 0 Å². The third-order valence-electron chi connectivity index (χ3n) is 4.65. The quantitative estimate of drug-likeness (QED) is 0.684. The van der Waals surface area contributed by atoms with Gasteiger partial charge in [0.1, 0.15) is 5.82 Å². The molecule has 0 bridgehead atoms. The number of rotatable bonds is 5. The van der Waals surface area contributed by atoms with Crippen LogP contribution in [0.3, 0.4) is 0 Å². The van der Waals surface area contributed by atoms with Crippen LogP contribution >= 0.6 is 12.4 Å². The molecule has 152 valence electrons. The van der Waals surface area contributed by atoms with E-state index in [1.807, 2.05) is 0 Å². The van der Waals surface area contributed by atoms with E-state index < -0.39 is 15.8 Å². The van der Waals surface area contributed by atoms with Crippen molar-refractivity contribution in [2.45, 2.75) is 24.3 Å². The second-order valence-electron chi connectivity index (χ2n) is 6.69. The molecule has 0 aliphatic carbocycles. The van der Waals surface area contributed by atoms with Gasteiger partial charge in [-0.15, -0.1) is 12.4 Å². The summed E-state index contributed by atoms with van der Waals surface area (Å²) in [6.45, 7) is 3.70. The minimum Gasteiger partial charge on any atom is -0.348 e. The van der Waals surface area contributed by atoms with E-state index in [2.05, 4.69) is 22.3 Å². The highest BCUT2D eigenvalue weighted by Gasteiger charge is 2.24. The average molecular weight is 428 g/mol. The summed E-state index contributed by atoms with van der Waals surface area (Å²) in [5.74, 6) is -0.417. The third kappa shape index (κ3) is 5.43. The number of amides is 1. The topological polar surface area (TPSA) is 87.3 Å². The summed E-state index contributed by atoms with van der Waals surface area (Å²) in [5.41, 5.74) is 0.517. The lowest BCUT2D eigenvalue weighted by molar-refractivity contribution is 0.0915. The van der Waals surface area contributed by atoms with Gasteiger partial charge in [-0.2, -0.15) is 0 Å². The van der Waals surface area contributed by atoms with Crippen molar-refractivity contribution in [3.63, 3.8) is 0 Å². The third-order valence-corrected chi connectivity index (χ3v) is 6.03. The zero-order valence-electron chi connectivity index (χ0n) is 15.3. The first-order valence-corrected chi connectivity index (χ1v) is 10.2. The van der Waals surface area contributed by atoms with E-state index in [4.69, 9.17) is 0 Å². The Morgan fingerprint density at radius 1 is 1.18 bits per heavy atom. The first kappa shape index (κ1) is 22.1. The molecule has 1 aliphatic heterocycles. The van der Waals surface area contributed by atoms with Gasteiger partial charge in [0.05, 0.1) is 4.90 Å². The van der Waals surface area contributed by atoms with Crippen molar-refractivity contribution in [1.82, 2.24) is 10.6 Å². The first-order valence-electron chi connectivity index (χ1n) is 8.75. The smallest absolute Gasteiger partial charge is 0.261 e. The van der Waals surface area contributed by atoms with E-state index in [1.165, 1.54) is 42.5 Å². The molecular formula is C19H23ClFN3O3S. The standard InChI is InChI=1S/C19H22FN3O3S.ClH/c1-13-9-10-21-12-18(13)22-19(24)14-3-2-4-17(11-14)27(25,26)23-16-7-5-15(20)6-8-16;/h2-8,11,13,18,21,23H,9-10,12H2,1H3,(H,22,24);1H. The highest BCUT2D eigenvalue weighted by atomic mass is 35.5. The molecule has 1 aliphatic rings. The molecular weight excluding hydrogens is 405 g/mol. The summed E-state index contributed by atoms with van der Waals surface area (Å²) in [5, 5.41) is 6.20. The van der Waals surface area contributed by atoms with Crippen LogP contribution in [0.4, 0.5) is 10.1 Å².